The first kappa shape index (κ1) is 15.4. The molecule has 0 aliphatic heterocycles. The third kappa shape index (κ3) is 4.83. The second-order valence-electron chi connectivity index (χ2n) is 4.94. The summed E-state index contributed by atoms with van der Waals surface area (Å²) in [5.41, 5.74) is 2.09. The van der Waals surface area contributed by atoms with Crippen molar-refractivity contribution in [1.29, 1.82) is 0 Å². The highest BCUT2D eigenvalue weighted by molar-refractivity contribution is 5.62. The number of benzene rings is 1. The van der Waals surface area contributed by atoms with Gasteiger partial charge >= 0.3 is 0 Å². The fourth-order valence-electron chi connectivity index (χ4n) is 2.08. The molecule has 0 aliphatic carbocycles. The number of nitrogens with one attached hydrogen (secondary N) is 1. The number of nitrogens with zero attached hydrogens (tertiary/aromatic N) is 2. The molecular formula is C17H23N3O. The summed E-state index contributed by atoms with van der Waals surface area (Å²) in [5, 5.41) is 3.35. The van der Waals surface area contributed by atoms with Crippen LogP contribution in [0, 0.1) is 0 Å². The van der Waals surface area contributed by atoms with Crippen molar-refractivity contribution in [3.63, 3.8) is 0 Å². The molecule has 2 rings (SSSR count). The molecule has 4 nitrogen and oxygen atoms in total. The summed E-state index contributed by atoms with van der Waals surface area (Å²) in [6, 6.07) is 12.2. The summed E-state index contributed by atoms with van der Waals surface area (Å²) >= 11 is 0. The van der Waals surface area contributed by atoms with Crippen molar-refractivity contribution in [3.05, 3.63) is 42.2 Å². The molecule has 0 aliphatic rings. The molecule has 0 radical (unpaired) electrons. The minimum atomic E-state index is 0.733. The summed E-state index contributed by atoms with van der Waals surface area (Å²) in [5.74, 6) is 1.77. The van der Waals surface area contributed by atoms with Crippen molar-refractivity contribution in [2.45, 2.75) is 26.2 Å². The Morgan fingerprint density at radius 1 is 1.14 bits per heavy atom. The van der Waals surface area contributed by atoms with E-state index < -0.39 is 0 Å². The second-order valence-corrected chi connectivity index (χ2v) is 4.94. The average molecular weight is 285 g/mol. The Bertz CT molecular complexity index is 543. The standard InChI is InChI=1S/C17H23N3O/c1-3-11-18-17-13-15(14-8-5-4-6-9-14)19-16(20-17)10-7-12-21-2/h4-6,8-9,13H,3,7,10-12H2,1-2H3,(H,18,19,20). The van der Waals surface area contributed by atoms with Gasteiger partial charge in [-0.25, -0.2) is 9.97 Å². The minimum absolute atomic E-state index is 0.733. The number of aromatic nitrogens is 2. The third-order valence-corrected chi connectivity index (χ3v) is 3.15. The van der Waals surface area contributed by atoms with E-state index in [0.29, 0.717) is 0 Å². The lowest BCUT2D eigenvalue weighted by molar-refractivity contribution is 0.194. The van der Waals surface area contributed by atoms with Crippen molar-refractivity contribution in [2.24, 2.45) is 0 Å². The summed E-state index contributed by atoms with van der Waals surface area (Å²) in [6.45, 7) is 3.80. The summed E-state index contributed by atoms with van der Waals surface area (Å²) in [6.07, 6.45) is 2.83. The Morgan fingerprint density at radius 3 is 2.67 bits per heavy atom. The van der Waals surface area contributed by atoms with Gasteiger partial charge in [-0.1, -0.05) is 37.3 Å². The Kier molecular flexibility index (Phi) is 6.16. The first-order valence-corrected chi connectivity index (χ1v) is 7.49. The van der Waals surface area contributed by atoms with Gasteiger partial charge in [-0.05, 0) is 12.8 Å². The first-order chi connectivity index (χ1) is 10.3. The van der Waals surface area contributed by atoms with E-state index in [0.717, 1.165) is 55.3 Å². The molecule has 2 aromatic rings. The minimum Gasteiger partial charge on any atom is -0.385 e. The highest BCUT2D eigenvalue weighted by Gasteiger charge is 2.06. The molecule has 21 heavy (non-hydrogen) atoms. The van der Waals surface area contributed by atoms with E-state index in [-0.39, 0.29) is 0 Å². The molecule has 0 unspecified atom stereocenters. The van der Waals surface area contributed by atoms with Gasteiger partial charge in [-0.3, -0.25) is 0 Å². The molecule has 4 heteroatoms. The zero-order valence-corrected chi connectivity index (χ0v) is 12.8. The van der Waals surface area contributed by atoms with Gasteiger partial charge in [0.2, 0.25) is 0 Å². The smallest absolute Gasteiger partial charge is 0.131 e. The molecule has 1 aromatic heterocycles. The molecule has 0 saturated carbocycles. The molecule has 0 spiro atoms. The van der Waals surface area contributed by atoms with Gasteiger partial charge in [-0.15, -0.1) is 0 Å². The second kappa shape index (κ2) is 8.37. The van der Waals surface area contributed by atoms with Gasteiger partial charge in [0.1, 0.15) is 11.6 Å². The van der Waals surface area contributed by atoms with Gasteiger partial charge in [0.05, 0.1) is 5.69 Å². The molecule has 0 atom stereocenters. The molecule has 1 heterocycles. The Labute approximate surface area is 126 Å². The lowest BCUT2D eigenvalue weighted by Crippen LogP contribution is -2.07. The maximum absolute atomic E-state index is 5.10. The molecule has 1 aromatic carbocycles. The zero-order valence-electron chi connectivity index (χ0n) is 12.8. The lowest BCUT2D eigenvalue weighted by atomic mass is 10.1. The number of ether oxygens (including phenoxy) is 1. The SMILES string of the molecule is CCCNc1cc(-c2ccccc2)nc(CCCOC)n1. The van der Waals surface area contributed by atoms with E-state index in [1.54, 1.807) is 7.11 Å². The summed E-state index contributed by atoms with van der Waals surface area (Å²) in [4.78, 5) is 9.27. The maximum Gasteiger partial charge on any atom is 0.131 e. The largest absolute Gasteiger partial charge is 0.385 e. The number of hydrogen-bond acceptors (Lipinski definition) is 4. The van der Waals surface area contributed by atoms with Crippen LogP contribution in [0.4, 0.5) is 5.82 Å². The monoisotopic (exact) mass is 285 g/mol. The Morgan fingerprint density at radius 2 is 1.95 bits per heavy atom. The van der Waals surface area contributed by atoms with Crippen LogP contribution in [0.25, 0.3) is 11.3 Å². The van der Waals surface area contributed by atoms with Crippen LogP contribution in [0.1, 0.15) is 25.6 Å². The molecule has 0 fully saturated rings. The quantitative estimate of drug-likeness (QED) is 0.754. The fraction of sp³-hybridized carbons (Fsp3) is 0.412. The number of methoxy groups -OCH3 is 1. The summed E-state index contributed by atoms with van der Waals surface area (Å²) < 4.78 is 5.10. The van der Waals surface area contributed by atoms with Crippen LogP contribution < -0.4 is 5.32 Å². The molecule has 0 bridgehead atoms. The Hall–Kier alpha value is -1.94. The Balaban J connectivity index is 2.23. The maximum atomic E-state index is 5.10. The number of aryl methyl sites for hydroxylation is 1. The van der Waals surface area contributed by atoms with Gasteiger partial charge in [-0.2, -0.15) is 0 Å². The first-order valence-electron chi connectivity index (χ1n) is 7.49. The van der Waals surface area contributed by atoms with Crippen LogP contribution >= 0.6 is 0 Å². The van der Waals surface area contributed by atoms with Crippen molar-refractivity contribution < 1.29 is 4.74 Å². The van der Waals surface area contributed by atoms with Crippen LogP contribution in [0.5, 0.6) is 0 Å². The highest BCUT2D eigenvalue weighted by Crippen LogP contribution is 2.20. The van der Waals surface area contributed by atoms with E-state index in [4.69, 9.17) is 4.74 Å². The molecule has 1 N–H and O–H groups in total. The van der Waals surface area contributed by atoms with Crippen LogP contribution in [0.2, 0.25) is 0 Å². The van der Waals surface area contributed by atoms with Crippen molar-refractivity contribution >= 4 is 5.82 Å². The van der Waals surface area contributed by atoms with E-state index >= 15 is 0 Å². The highest BCUT2D eigenvalue weighted by atomic mass is 16.5. The van der Waals surface area contributed by atoms with Gasteiger partial charge in [0.15, 0.2) is 0 Å². The van der Waals surface area contributed by atoms with Crippen LogP contribution in [-0.2, 0) is 11.2 Å². The fourth-order valence-corrected chi connectivity index (χ4v) is 2.08. The van der Waals surface area contributed by atoms with E-state index in [1.807, 2.05) is 24.3 Å². The van der Waals surface area contributed by atoms with E-state index in [1.165, 1.54) is 0 Å². The number of anilines is 1. The van der Waals surface area contributed by atoms with Crippen molar-refractivity contribution in [2.75, 3.05) is 25.6 Å². The normalized spacial score (nSPS) is 10.6. The molecule has 112 valence electrons. The number of rotatable bonds is 8. The molecule has 0 amide bonds. The van der Waals surface area contributed by atoms with Crippen LogP contribution in [0.3, 0.4) is 0 Å². The lowest BCUT2D eigenvalue weighted by Gasteiger charge is -2.09. The van der Waals surface area contributed by atoms with E-state index in [9.17, 15) is 0 Å². The molecule has 0 saturated heterocycles. The van der Waals surface area contributed by atoms with Crippen LogP contribution in [-0.4, -0.2) is 30.2 Å². The van der Waals surface area contributed by atoms with Crippen molar-refractivity contribution in [3.8, 4) is 11.3 Å². The van der Waals surface area contributed by atoms with E-state index in [2.05, 4.69) is 34.3 Å². The predicted octanol–water partition coefficient (Wildman–Crippen LogP) is 3.54. The summed E-state index contributed by atoms with van der Waals surface area (Å²) in [7, 11) is 1.72. The van der Waals surface area contributed by atoms with Gasteiger partial charge < -0.3 is 10.1 Å². The zero-order chi connectivity index (χ0) is 14.9. The van der Waals surface area contributed by atoms with Gasteiger partial charge in [0.25, 0.3) is 0 Å². The van der Waals surface area contributed by atoms with Crippen molar-refractivity contribution in [1.82, 2.24) is 9.97 Å². The van der Waals surface area contributed by atoms with Gasteiger partial charge in [0, 0.05) is 38.3 Å². The predicted molar refractivity (Wildman–Crippen MR) is 86.4 cm³/mol. The third-order valence-electron chi connectivity index (χ3n) is 3.15. The average Bonchev–Trinajstić information content (AvgIpc) is 2.54. The molecular weight excluding hydrogens is 262 g/mol. The van der Waals surface area contributed by atoms with Crippen LogP contribution in [0.15, 0.2) is 36.4 Å². The number of hydrogen-bond donors (Lipinski definition) is 1. The topological polar surface area (TPSA) is 47.0 Å².